The second kappa shape index (κ2) is 33.7. The van der Waals surface area contributed by atoms with Crippen LogP contribution in [0, 0.1) is 0 Å². The van der Waals surface area contributed by atoms with Crippen LogP contribution in [-0.4, -0.2) is 157 Å². The van der Waals surface area contributed by atoms with E-state index in [1.54, 1.807) is 0 Å². The number of nitrogens with one attached hydrogen (secondary N) is 2. The zero-order valence-electron chi connectivity index (χ0n) is 23.6. The zero-order chi connectivity index (χ0) is 32.3. The molecule has 2 amide bonds. The molecule has 0 spiro atoms. The Kier molecular flexibility index (Phi) is 43.5. The van der Waals surface area contributed by atoms with Crippen LogP contribution < -0.4 is 40.2 Å². The van der Waals surface area contributed by atoms with Crippen LogP contribution in [-0.2, 0) is 57.9 Å². The van der Waals surface area contributed by atoms with Gasteiger partial charge in [0, 0.05) is 61.1 Å². The van der Waals surface area contributed by atoms with Gasteiger partial charge >= 0.3 is 91.6 Å². The van der Waals surface area contributed by atoms with Crippen LogP contribution in [0.1, 0.15) is 13.8 Å². The van der Waals surface area contributed by atoms with Crippen molar-refractivity contribution in [3.63, 3.8) is 0 Å². The molecule has 0 unspecified atom stereocenters. The van der Waals surface area contributed by atoms with E-state index in [0.717, 1.165) is 11.2 Å². The van der Waals surface area contributed by atoms with Crippen LogP contribution in [0.3, 0.4) is 0 Å². The van der Waals surface area contributed by atoms with Crippen LogP contribution >= 0.6 is 34.3 Å². The Morgan fingerprint density at radius 3 is 1.51 bits per heavy atom. The Balaban J connectivity index is -0.000000172. The Morgan fingerprint density at radius 2 is 1.20 bits per heavy atom. The van der Waals surface area contributed by atoms with Crippen molar-refractivity contribution in [2.75, 3.05) is 59.1 Å². The van der Waals surface area contributed by atoms with Crippen molar-refractivity contribution in [3.8, 4) is 0 Å². The predicted molar refractivity (Wildman–Crippen MR) is 167 cm³/mol. The van der Waals surface area contributed by atoms with Crippen LogP contribution in [0.5, 0.6) is 0 Å². The van der Waals surface area contributed by atoms with Crippen molar-refractivity contribution in [1.29, 1.82) is 0 Å². The first-order valence-electron chi connectivity index (χ1n) is 11.1. The summed E-state index contributed by atoms with van der Waals surface area (Å²) in [6.07, 6.45) is 0. The van der Waals surface area contributed by atoms with E-state index in [0.29, 0.717) is 30.3 Å². The van der Waals surface area contributed by atoms with Gasteiger partial charge in [-0.3, -0.25) is 14.1 Å². The summed E-state index contributed by atoms with van der Waals surface area (Å²) in [6.45, 7) is 7.13. The Hall–Kier alpha value is 2.38. The molecule has 0 aliphatic carbocycles. The maximum absolute atomic E-state index is 11.5. The molecule has 0 aromatic carbocycles. The SMILES string of the molecule is C=CS(=O)(=O)CCSCCNC(C)=O.CC(=O)NCCSCCS(=O)(=O)CCSS(=O)(=O)O.O=S=S(=O)=O.[Na+].[Na][Na]. The third kappa shape index (κ3) is 55.2. The number of amides is 2. The summed E-state index contributed by atoms with van der Waals surface area (Å²) < 4.78 is 101. The van der Waals surface area contributed by atoms with Crippen molar-refractivity contribution < 1.29 is 81.6 Å². The molecule has 0 saturated carbocycles. The van der Waals surface area contributed by atoms with Crippen molar-refractivity contribution >= 4 is 138 Å². The van der Waals surface area contributed by atoms with Gasteiger partial charge in [0.25, 0.3) is 0 Å². The summed E-state index contributed by atoms with van der Waals surface area (Å²) in [7, 11) is -13.3. The van der Waals surface area contributed by atoms with Crippen molar-refractivity contribution in [2.45, 2.75) is 13.8 Å². The topological polar surface area (TPSA) is 232 Å². The number of hydrogen-bond donors (Lipinski definition) is 3. The van der Waals surface area contributed by atoms with E-state index in [2.05, 4.69) is 17.2 Å². The van der Waals surface area contributed by atoms with Gasteiger partial charge in [0.2, 0.25) is 22.0 Å². The summed E-state index contributed by atoms with van der Waals surface area (Å²) in [4.78, 5) is 21.0. The summed E-state index contributed by atoms with van der Waals surface area (Å²) in [5, 5.41) is 6.19. The van der Waals surface area contributed by atoms with Crippen molar-refractivity contribution in [2.24, 2.45) is 0 Å². The monoisotopic (exact) mass is 769 g/mol. The molecule has 0 aromatic rings. The fraction of sp³-hybridized carbons (Fsp3) is 0.750. The molecule has 41 heavy (non-hydrogen) atoms. The van der Waals surface area contributed by atoms with Crippen LogP contribution in [0.2, 0.25) is 0 Å². The number of thioether (sulfide) groups is 2. The van der Waals surface area contributed by atoms with Crippen LogP contribution in [0.25, 0.3) is 0 Å². The molecule has 3 N–H and O–H groups in total. The fourth-order valence-corrected chi connectivity index (χ4v) is 8.52. The van der Waals surface area contributed by atoms with E-state index >= 15 is 0 Å². The average molecular weight is 770 g/mol. The van der Waals surface area contributed by atoms with Gasteiger partial charge in [-0.2, -0.15) is 44.6 Å². The minimum atomic E-state index is -4.18. The van der Waals surface area contributed by atoms with Gasteiger partial charge in [-0.25, -0.2) is 16.8 Å². The van der Waals surface area contributed by atoms with Gasteiger partial charge in [0.15, 0.2) is 19.7 Å². The summed E-state index contributed by atoms with van der Waals surface area (Å²) >= 11 is 5.78. The molecule has 25 heteroatoms. The van der Waals surface area contributed by atoms with E-state index < -0.39 is 48.3 Å². The Bertz CT molecular complexity index is 1200. The molecule has 0 rings (SSSR count). The molecular weight excluding hydrogens is 738 g/mol. The van der Waals surface area contributed by atoms with Gasteiger partial charge in [0.05, 0.1) is 17.3 Å². The molecule has 14 nitrogen and oxygen atoms in total. The summed E-state index contributed by atoms with van der Waals surface area (Å²) in [6, 6.07) is 0. The molecular formula is C16H32N2Na3O12S8+. The second-order valence-corrected chi connectivity index (χ2v) is 18.5. The van der Waals surface area contributed by atoms with Gasteiger partial charge < -0.3 is 10.6 Å². The molecule has 0 heterocycles. The van der Waals surface area contributed by atoms with Crippen LogP contribution in [0.4, 0.5) is 0 Å². The Labute approximate surface area is 310 Å². The Morgan fingerprint density at radius 1 is 0.829 bits per heavy atom. The number of rotatable bonds is 17. The first-order valence-corrected chi connectivity index (χ1v) is 30.2. The molecule has 0 fully saturated rings. The number of sulfone groups is 2. The molecule has 0 aliphatic rings. The molecule has 0 radical (unpaired) electrons. The standard InChI is InChI=1S/C8H17NO6S4.C8H15NO3S2.3Na.O3S2/c1-8(10)9-2-3-16-4-6-18(11,12)7-5-17-19(13,14)15;1-3-14(11,12)7-6-13-5-4-9-8(2)10;;;;1-4-5(2)3/h2-7H2,1H3,(H,9,10)(H,13,14,15);3H,1,4-7H2,2H3,(H,9,10);;;;/q;;;;+1;. The van der Waals surface area contributed by atoms with E-state index in [1.165, 1.54) is 81.0 Å². The minimum absolute atomic E-state index is 0. The normalized spacial score (nSPS) is 10.4. The zero-order valence-corrected chi connectivity index (χ0v) is 36.1. The van der Waals surface area contributed by atoms with E-state index in [9.17, 15) is 34.8 Å². The first-order chi connectivity index (χ1) is 18.4. The van der Waals surface area contributed by atoms with Gasteiger partial charge in [-0.1, -0.05) is 6.58 Å². The third-order valence-corrected chi connectivity index (χ3v) is 11.4. The quantitative estimate of drug-likeness (QED) is 0.0548. The number of carbonyl (C=O) groups is 2. The van der Waals surface area contributed by atoms with Gasteiger partial charge in [-0.15, -0.1) is 0 Å². The first kappa shape index (κ1) is 52.9. The predicted octanol–water partition coefficient (Wildman–Crippen LogP) is -4.54. The molecule has 0 saturated heterocycles. The third-order valence-electron chi connectivity index (χ3n) is 3.23. The molecule has 0 atom stereocenters. The molecule has 0 aliphatic heterocycles. The van der Waals surface area contributed by atoms with E-state index in [1.807, 2.05) is 0 Å². The van der Waals surface area contributed by atoms with Crippen molar-refractivity contribution in [3.05, 3.63) is 12.0 Å². The van der Waals surface area contributed by atoms with Crippen LogP contribution in [0.15, 0.2) is 12.0 Å². The van der Waals surface area contributed by atoms with Crippen molar-refractivity contribution in [1.82, 2.24) is 10.6 Å². The van der Waals surface area contributed by atoms with Gasteiger partial charge in [0.1, 0.15) is 0 Å². The van der Waals surface area contributed by atoms with E-state index in [-0.39, 0.29) is 75.2 Å². The molecule has 228 valence electrons. The number of carbonyl (C=O) groups excluding carboxylic acids is 2. The average Bonchev–Trinajstić information content (AvgIpc) is 2.84. The van der Waals surface area contributed by atoms with Gasteiger partial charge in [-0.05, 0) is 10.8 Å². The maximum atomic E-state index is 11.5. The molecule has 0 aromatic heterocycles. The summed E-state index contributed by atoms with van der Waals surface area (Å²) in [5.74, 6) is 1.67. The second-order valence-electron chi connectivity index (χ2n) is 6.40. The van der Waals surface area contributed by atoms with E-state index in [4.69, 9.17) is 17.2 Å². The fourth-order valence-electron chi connectivity index (χ4n) is 1.62. The number of hydrogen-bond acceptors (Lipinski definition) is 14. The molecule has 0 bridgehead atoms. The summed E-state index contributed by atoms with van der Waals surface area (Å²) in [5.41, 5.74) is 0.